The highest BCUT2D eigenvalue weighted by Crippen LogP contribution is 2.38. The molecule has 0 bridgehead atoms. The Balaban J connectivity index is 2.03. The Bertz CT molecular complexity index is 1020. The Morgan fingerprint density at radius 1 is 1.29 bits per heavy atom. The van der Waals surface area contributed by atoms with Crippen LogP contribution in [0, 0.1) is 6.92 Å². The van der Waals surface area contributed by atoms with E-state index in [4.69, 9.17) is 0 Å². The topological polar surface area (TPSA) is 92.5 Å². The van der Waals surface area contributed by atoms with Gasteiger partial charge in [-0.05, 0) is 25.5 Å². The van der Waals surface area contributed by atoms with E-state index in [1.165, 1.54) is 15.6 Å². The standard InChI is InChI=1S/C17H18F3N3O4S/c1-10-7-15(22(2)21-10)23-9-11(8-13(23)16(24)25)28(26,27)14-6-4-3-5-12(14)17(18,19)20/h3-7,11,13H,8-9H2,1-2H3,(H,24,25). The van der Waals surface area contributed by atoms with Crippen LogP contribution >= 0.6 is 0 Å². The highest BCUT2D eigenvalue weighted by Gasteiger charge is 2.47. The van der Waals surface area contributed by atoms with Crippen LogP contribution in [0.5, 0.6) is 0 Å². The Hall–Kier alpha value is -2.56. The summed E-state index contributed by atoms with van der Waals surface area (Å²) in [6.45, 7) is 1.45. The third kappa shape index (κ3) is 3.46. The fourth-order valence-corrected chi connectivity index (χ4v) is 5.41. The number of hydrogen-bond donors (Lipinski definition) is 1. The molecular formula is C17H18F3N3O4S. The van der Waals surface area contributed by atoms with Gasteiger partial charge in [0.05, 0.1) is 21.4 Å². The van der Waals surface area contributed by atoms with E-state index in [2.05, 4.69) is 5.10 Å². The molecule has 1 N–H and O–H groups in total. The van der Waals surface area contributed by atoms with Crippen molar-refractivity contribution in [2.45, 2.75) is 35.7 Å². The van der Waals surface area contributed by atoms with Crippen molar-refractivity contribution in [2.24, 2.45) is 7.05 Å². The smallest absolute Gasteiger partial charge is 0.417 e. The van der Waals surface area contributed by atoms with Gasteiger partial charge in [-0.3, -0.25) is 4.68 Å². The number of carbonyl (C=O) groups is 1. The summed E-state index contributed by atoms with van der Waals surface area (Å²) in [4.78, 5) is 12.2. The predicted molar refractivity (Wildman–Crippen MR) is 93.7 cm³/mol. The molecule has 2 aromatic rings. The number of alkyl halides is 3. The van der Waals surface area contributed by atoms with Crippen molar-refractivity contribution in [2.75, 3.05) is 11.4 Å². The lowest BCUT2D eigenvalue weighted by atomic mass is 10.2. The zero-order valence-corrected chi connectivity index (χ0v) is 15.8. The number of benzene rings is 1. The maximum absolute atomic E-state index is 13.3. The number of rotatable bonds is 4. The van der Waals surface area contributed by atoms with Gasteiger partial charge >= 0.3 is 12.1 Å². The van der Waals surface area contributed by atoms with Crippen LogP contribution in [0.25, 0.3) is 0 Å². The number of aromatic nitrogens is 2. The lowest BCUT2D eigenvalue weighted by Crippen LogP contribution is -2.37. The molecule has 0 spiro atoms. The van der Waals surface area contributed by atoms with Crippen LogP contribution in [0.4, 0.5) is 19.0 Å². The zero-order chi connectivity index (χ0) is 20.9. The second-order valence-corrected chi connectivity index (χ2v) is 8.87. The lowest BCUT2D eigenvalue weighted by Gasteiger charge is -2.23. The number of nitrogens with zero attached hydrogens (tertiary/aromatic N) is 3. The monoisotopic (exact) mass is 417 g/mol. The molecule has 28 heavy (non-hydrogen) atoms. The number of carboxylic acid groups (broad SMARTS) is 1. The van der Waals surface area contributed by atoms with E-state index < -0.39 is 43.7 Å². The summed E-state index contributed by atoms with van der Waals surface area (Å²) in [5, 5.41) is 12.4. The van der Waals surface area contributed by atoms with E-state index in [-0.39, 0.29) is 13.0 Å². The van der Waals surface area contributed by atoms with Crippen LogP contribution in [0.15, 0.2) is 35.2 Å². The number of aliphatic carboxylic acids is 1. The molecule has 152 valence electrons. The molecule has 2 unspecified atom stereocenters. The maximum atomic E-state index is 13.3. The van der Waals surface area contributed by atoms with Crippen molar-refractivity contribution in [3.63, 3.8) is 0 Å². The molecule has 0 radical (unpaired) electrons. The molecule has 1 aromatic carbocycles. The Morgan fingerprint density at radius 3 is 2.46 bits per heavy atom. The second kappa shape index (κ2) is 6.80. The summed E-state index contributed by atoms with van der Waals surface area (Å²) in [5.74, 6) is -0.854. The summed E-state index contributed by atoms with van der Waals surface area (Å²) < 4.78 is 67.3. The molecule has 7 nitrogen and oxygen atoms in total. The molecule has 1 aliphatic rings. The fourth-order valence-electron chi connectivity index (χ4n) is 3.50. The third-order valence-electron chi connectivity index (χ3n) is 4.76. The molecule has 2 heterocycles. The van der Waals surface area contributed by atoms with Gasteiger partial charge < -0.3 is 10.0 Å². The maximum Gasteiger partial charge on any atom is 0.417 e. The molecule has 1 saturated heterocycles. The minimum Gasteiger partial charge on any atom is -0.480 e. The molecule has 11 heteroatoms. The van der Waals surface area contributed by atoms with Crippen molar-refractivity contribution in [3.8, 4) is 0 Å². The first kappa shape index (κ1) is 20.2. The van der Waals surface area contributed by atoms with E-state index in [0.29, 0.717) is 17.6 Å². The van der Waals surface area contributed by atoms with Gasteiger partial charge in [-0.1, -0.05) is 12.1 Å². The van der Waals surface area contributed by atoms with Gasteiger partial charge in [-0.2, -0.15) is 18.3 Å². The quantitative estimate of drug-likeness (QED) is 0.821. The largest absolute Gasteiger partial charge is 0.480 e. The first-order valence-corrected chi connectivity index (χ1v) is 9.87. The normalized spacial score (nSPS) is 20.5. The van der Waals surface area contributed by atoms with Crippen LogP contribution in [-0.4, -0.2) is 47.1 Å². The number of halogens is 3. The molecule has 1 aromatic heterocycles. The van der Waals surface area contributed by atoms with E-state index in [1.807, 2.05) is 0 Å². The first-order chi connectivity index (χ1) is 12.9. The molecule has 0 aliphatic carbocycles. The number of aryl methyl sites for hydroxylation is 2. The van der Waals surface area contributed by atoms with Gasteiger partial charge in [0.1, 0.15) is 11.9 Å². The van der Waals surface area contributed by atoms with Crippen LogP contribution in [0.1, 0.15) is 17.7 Å². The Kier molecular flexibility index (Phi) is 4.90. The van der Waals surface area contributed by atoms with E-state index in [1.54, 1.807) is 20.0 Å². The molecule has 1 fully saturated rings. The second-order valence-electron chi connectivity index (χ2n) is 6.67. The summed E-state index contributed by atoms with van der Waals surface area (Å²) in [5.41, 5.74) is -0.646. The molecule has 0 saturated carbocycles. The van der Waals surface area contributed by atoms with Gasteiger partial charge in [0.25, 0.3) is 0 Å². The zero-order valence-electron chi connectivity index (χ0n) is 15.0. The van der Waals surface area contributed by atoms with E-state index in [9.17, 15) is 31.5 Å². The molecule has 0 amide bonds. The Morgan fingerprint density at radius 2 is 1.93 bits per heavy atom. The van der Waals surface area contributed by atoms with Crippen LogP contribution in [-0.2, 0) is 27.9 Å². The number of hydrogen-bond acceptors (Lipinski definition) is 5. The molecule has 3 rings (SSSR count). The molecule has 1 aliphatic heterocycles. The summed E-state index contributed by atoms with van der Waals surface area (Å²) in [7, 11) is -2.84. The van der Waals surface area contributed by atoms with Crippen molar-refractivity contribution in [1.29, 1.82) is 0 Å². The minimum atomic E-state index is -4.84. The van der Waals surface area contributed by atoms with Gasteiger partial charge in [0.15, 0.2) is 9.84 Å². The summed E-state index contributed by atoms with van der Waals surface area (Å²) >= 11 is 0. The lowest BCUT2D eigenvalue weighted by molar-refractivity contribution is -0.140. The first-order valence-electron chi connectivity index (χ1n) is 8.33. The third-order valence-corrected chi connectivity index (χ3v) is 6.95. The van der Waals surface area contributed by atoms with Crippen LogP contribution < -0.4 is 4.90 Å². The summed E-state index contributed by atoms with van der Waals surface area (Å²) in [6.07, 6.45) is -5.17. The van der Waals surface area contributed by atoms with Gasteiger partial charge in [0.2, 0.25) is 0 Å². The highest BCUT2D eigenvalue weighted by molar-refractivity contribution is 7.92. The fraction of sp³-hybridized carbons (Fsp3) is 0.412. The van der Waals surface area contributed by atoms with E-state index in [0.717, 1.165) is 12.1 Å². The number of anilines is 1. The van der Waals surface area contributed by atoms with Crippen molar-refractivity contribution in [3.05, 3.63) is 41.6 Å². The van der Waals surface area contributed by atoms with Crippen molar-refractivity contribution >= 4 is 21.6 Å². The van der Waals surface area contributed by atoms with Gasteiger partial charge in [0, 0.05) is 19.7 Å². The van der Waals surface area contributed by atoms with Crippen LogP contribution in [0.3, 0.4) is 0 Å². The SMILES string of the molecule is Cc1cc(N2CC(S(=O)(=O)c3ccccc3C(F)(F)F)CC2C(=O)O)n(C)n1. The number of carboxylic acids is 1. The average Bonchev–Trinajstić information content (AvgIpc) is 3.17. The van der Waals surface area contributed by atoms with Gasteiger partial charge in [-0.15, -0.1) is 0 Å². The van der Waals surface area contributed by atoms with Crippen LogP contribution in [0.2, 0.25) is 0 Å². The highest BCUT2D eigenvalue weighted by atomic mass is 32.2. The molecule has 2 atom stereocenters. The predicted octanol–water partition coefficient (Wildman–Crippen LogP) is 2.25. The van der Waals surface area contributed by atoms with E-state index >= 15 is 0 Å². The summed E-state index contributed by atoms with van der Waals surface area (Å²) in [6, 6.07) is 4.36. The average molecular weight is 417 g/mol. The van der Waals surface area contributed by atoms with Crippen molar-refractivity contribution in [1.82, 2.24) is 9.78 Å². The van der Waals surface area contributed by atoms with Crippen molar-refractivity contribution < 1.29 is 31.5 Å². The Labute approximate surface area is 159 Å². The number of sulfone groups is 1. The van der Waals surface area contributed by atoms with Gasteiger partial charge in [-0.25, -0.2) is 13.2 Å². The molecular weight excluding hydrogens is 399 g/mol. The minimum absolute atomic E-state index is 0.246.